The first-order chi connectivity index (χ1) is 6.15. The standard InChI is InChI=1S/C10H15BrO2/c1-8(7-12)4-5-10(13-3)9(2)6-11/h4,6-7,10H,5H2,1-3H3/b8-4+,9-6+/t10-/m1/s1. The van der Waals surface area contributed by atoms with Gasteiger partial charge in [-0.25, -0.2) is 0 Å². The lowest BCUT2D eigenvalue weighted by Crippen LogP contribution is -2.10. The Labute approximate surface area is 87.8 Å². The molecule has 0 unspecified atom stereocenters. The number of hydrogen-bond acceptors (Lipinski definition) is 2. The van der Waals surface area contributed by atoms with Gasteiger partial charge >= 0.3 is 0 Å². The Morgan fingerprint density at radius 2 is 2.15 bits per heavy atom. The van der Waals surface area contributed by atoms with Crippen LogP contribution in [0.3, 0.4) is 0 Å². The molecule has 0 bridgehead atoms. The molecular formula is C10H15BrO2. The number of methoxy groups -OCH3 is 1. The van der Waals surface area contributed by atoms with Gasteiger partial charge in [0.05, 0.1) is 6.10 Å². The van der Waals surface area contributed by atoms with E-state index >= 15 is 0 Å². The summed E-state index contributed by atoms with van der Waals surface area (Å²) in [6.45, 7) is 3.76. The monoisotopic (exact) mass is 246 g/mol. The van der Waals surface area contributed by atoms with Gasteiger partial charge in [-0.2, -0.15) is 0 Å². The van der Waals surface area contributed by atoms with Crippen LogP contribution in [0.1, 0.15) is 20.3 Å². The molecule has 0 rings (SSSR count). The van der Waals surface area contributed by atoms with E-state index in [4.69, 9.17) is 4.74 Å². The summed E-state index contributed by atoms with van der Waals surface area (Å²) in [5.74, 6) is 0. The molecule has 13 heavy (non-hydrogen) atoms. The topological polar surface area (TPSA) is 26.3 Å². The van der Waals surface area contributed by atoms with Crippen molar-refractivity contribution < 1.29 is 9.53 Å². The van der Waals surface area contributed by atoms with Crippen LogP contribution in [0.2, 0.25) is 0 Å². The molecule has 0 fully saturated rings. The van der Waals surface area contributed by atoms with Crippen molar-refractivity contribution in [3.8, 4) is 0 Å². The summed E-state index contributed by atoms with van der Waals surface area (Å²) in [6.07, 6.45) is 3.50. The Balaban J connectivity index is 4.22. The summed E-state index contributed by atoms with van der Waals surface area (Å²) in [5, 5.41) is 0. The van der Waals surface area contributed by atoms with Crippen LogP contribution in [0.15, 0.2) is 22.2 Å². The number of allylic oxidation sites excluding steroid dienone is 1. The second kappa shape index (κ2) is 7.04. The van der Waals surface area contributed by atoms with Crippen LogP contribution in [0.5, 0.6) is 0 Å². The Hall–Kier alpha value is -0.410. The van der Waals surface area contributed by atoms with E-state index in [1.165, 1.54) is 0 Å². The summed E-state index contributed by atoms with van der Waals surface area (Å²) in [5.41, 5.74) is 1.85. The SMILES string of the molecule is CO[C@H](C/C=C(\C)C=O)/C(C)=C/Br. The van der Waals surface area contributed by atoms with Crippen molar-refractivity contribution >= 4 is 22.2 Å². The van der Waals surface area contributed by atoms with Crippen LogP contribution in [0.25, 0.3) is 0 Å². The summed E-state index contributed by atoms with van der Waals surface area (Å²) in [7, 11) is 1.66. The maximum Gasteiger partial charge on any atom is 0.145 e. The van der Waals surface area contributed by atoms with Gasteiger partial charge in [-0.05, 0) is 36.4 Å². The molecule has 2 nitrogen and oxygen atoms in total. The highest BCUT2D eigenvalue weighted by atomic mass is 79.9. The Kier molecular flexibility index (Phi) is 6.82. The van der Waals surface area contributed by atoms with Crippen molar-refractivity contribution in [1.29, 1.82) is 0 Å². The number of hydrogen-bond donors (Lipinski definition) is 0. The van der Waals surface area contributed by atoms with Crippen molar-refractivity contribution in [3.05, 3.63) is 22.2 Å². The molecule has 1 atom stereocenters. The van der Waals surface area contributed by atoms with Gasteiger partial charge in [-0.15, -0.1) is 0 Å². The fourth-order valence-corrected chi connectivity index (χ4v) is 1.17. The van der Waals surface area contributed by atoms with Gasteiger partial charge in [0.2, 0.25) is 0 Å². The van der Waals surface area contributed by atoms with E-state index < -0.39 is 0 Å². The van der Waals surface area contributed by atoms with Gasteiger partial charge in [-0.1, -0.05) is 22.0 Å². The van der Waals surface area contributed by atoms with E-state index in [9.17, 15) is 4.79 Å². The van der Waals surface area contributed by atoms with Crippen molar-refractivity contribution in [2.75, 3.05) is 7.11 Å². The zero-order valence-electron chi connectivity index (χ0n) is 8.21. The van der Waals surface area contributed by atoms with Crippen LogP contribution in [-0.2, 0) is 9.53 Å². The zero-order chi connectivity index (χ0) is 10.3. The molecule has 0 aromatic rings. The number of ether oxygens (including phenoxy) is 1. The first-order valence-corrected chi connectivity index (χ1v) is 4.98. The maximum atomic E-state index is 10.3. The lowest BCUT2D eigenvalue weighted by atomic mass is 10.1. The molecule has 0 aromatic heterocycles. The normalized spacial score (nSPS) is 15.7. The van der Waals surface area contributed by atoms with Gasteiger partial charge in [0.15, 0.2) is 0 Å². The lowest BCUT2D eigenvalue weighted by Gasteiger charge is -2.13. The largest absolute Gasteiger partial charge is 0.377 e. The third-order valence-corrected chi connectivity index (χ3v) is 2.53. The minimum atomic E-state index is 0.0503. The highest BCUT2D eigenvalue weighted by Gasteiger charge is 2.06. The van der Waals surface area contributed by atoms with Crippen LogP contribution < -0.4 is 0 Å². The second-order valence-corrected chi connectivity index (χ2v) is 3.34. The number of halogens is 1. The molecule has 0 aliphatic heterocycles. The van der Waals surface area contributed by atoms with Gasteiger partial charge in [0, 0.05) is 7.11 Å². The molecule has 74 valence electrons. The predicted octanol–water partition coefficient (Wildman–Crippen LogP) is 2.84. The predicted molar refractivity (Wildman–Crippen MR) is 57.9 cm³/mol. The number of aldehydes is 1. The molecule has 3 heteroatoms. The molecule has 0 aromatic carbocycles. The summed E-state index contributed by atoms with van der Waals surface area (Å²) in [6, 6.07) is 0. The minimum absolute atomic E-state index is 0.0503. The zero-order valence-corrected chi connectivity index (χ0v) is 9.80. The van der Waals surface area contributed by atoms with Gasteiger partial charge in [0.1, 0.15) is 6.29 Å². The first kappa shape index (κ1) is 12.6. The molecule has 0 aliphatic rings. The fraction of sp³-hybridized carbons (Fsp3) is 0.500. The van der Waals surface area contributed by atoms with Gasteiger partial charge in [0.25, 0.3) is 0 Å². The maximum absolute atomic E-state index is 10.3. The third-order valence-electron chi connectivity index (χ3n) is 1.80. The number of carbonyl (C=O) groups excluding carboxylic acids is 1. The second-order valence-electron chi connectivity index (χ2n) is 2.88. The van der Waals surface area contributed by atoms with Crippen LogP contribution >= 0.6 is 15.9 Å². The highest BCUT2D eigenvalue weighted by Crippen LogP contribution is 2.12. The molecular weight excluding hydrogens is 232 g/mol. The van der Waals surface area contributed by atoms with E-state index in [0.29, 0.717) is 0 Å². The molecule has 0 aliphatic carbocycles. The van der Waals surface area contributed by atoms with Crippen LogP contribution in [-0.4, -0.2) is 19.5 Å². The molecule has 0 spiro atoms. The summed E-state index contributed by atoms with van der Waals surface area (Å²) >= 11 is 3.25. The summed E-state index contributed by atoms with van der Waals surface area (Å²) in [4.78, 5) is 12.2. The van der Waals surface area contributed by atoms with Crippen molar-refractivity contribution in [1.82, 2.24) is 0 Å². The van der Waals surface area contributed by atoms with E-state index in [-0.39, 0.29) is 6.10 Å². The lowest BCUT2D eigenvalue weighted by molar-refractivity contribution is -0.104. The highest BCUT2D eigenvalue weighted by molar-refractivity contribution is 9.11. The molecule has 0 N–H and O–H groups in total. The average Bonchev–Trinajstić information content (AvgIpc) is 2.17. The smallest absolute Gasteiger partial charge is 0.145 e. The van der Waals surface area contributed by atoms with E-state index in [1.54, 1.807) is 14.0 Å². The Morgan fingerprint density at radius 1 is 1.54 bits per heavy atom. The van der Waals surface area contributed by atoms with Crippen molar-refractivity contribution in [3.63, 3.8) is 0 Å². The quantitative estimate of drug-likeness (QED) is 0.551. The van der Waals surface area contributed by atoms with Crippen LogP contribution in [0.4, 0.5) is 0 Å². The minimum Gasteiger partial charge on any atom is -0.377 e. The van der Waals surface area contributed by atoms with Crippen molar-refractivity contribution in [2.24, 2.45) is 0 Å². The van der Waals surface area contributed by atoms with Crippen molar-refractivity contribution in [2.45, 2.75) is 26.4 Å². The average molecular weight is 247 g/mol. The molecule has 0 heterocycles. The Morgan fingerprint density at radius 3 is 2.54 bits per heavy atom. The van der Waals surface area contributed by atoms with E-state index in [0.717, 1.165) is 23.9 Å². The number of carbonyl (C=O) groups is 1. The fourth-order valence-electron chi connectivity index (χ4n) is 0.879. The van der Waals surface area contributed by atoms with Gasteiger partial charge in [-0.3, -0.25) is 4.79 Å². The molecule has 0 saturated heterocycles. The molecule has 0 saturated carbocycles. The number of rotatable bonds is 5. The van der Waals surface area contributed by atoms with Crippen LogP contribution in [0, 0.1) is 0 Å². The third kappa shape index (κ3) is 5.01. The molecule has 0 amide bonds. The summed E-state index contributed by atoms with van der Waals surface area (Å²) < 4.78 is 5.24. The molecule has 0 radical (unpaired) electrons. The Bertz CT molecular complexity index is 219. The van der Waals surface area contributed by atoms with E-state index in [1.807, 2.05) is 18.0 Å². The van der Waals surface area contributed by atoms with Gasteiger partial charge < -0.3 is 4.74 Å². The van der Waals surface area contributed by atoms with E-state index in [2.05, 4.69) is 15.9 Å². The first-order valence-electron chi connectivity index (χ1n) is 4.07.